The lowest BCUT2D eigenvalue weighted by atomic mass is 10.0. The lowest BCUT2D eigenvalue weighted by Gasteiger charge is -2.24. The van der Waals surface area contributed by atoms with E-state index in [0.29, 0.717) is 17.0 Å². The van der Waals surface area contributed by atoms with Crippen LogP contribution in [0.5, 0.6) is 5.75 Å². The first-order chi connectivity index (χ1) is 18.1. The van der Waals surface area contributed by atoms with E-state index < -0.39 is 28.4 Å². The standard InChI is InChI=1S/C28H31N3O6S/c1-20(2)23-9-11-24(12-10-23)31(38(34,35)26-15-5-21(3)6-16-26)18-27(32)30-29-17-22-7-13-25(14-8-22)37-19-28(33)36-4/h5-17,20H,18-19H2,1-4H3,(H,30,32)/b29-17-. The molecule has 200 valence electrons. The fraction of sp³-hybridized carbons (Fsp3) is 0.250. The zero-order chi connectivity index (χ0) is 27.7. The Morgan fingerprint density at radius 3 is 2.18 bits per heavy atom. The van der Waals surface area contributed by atoms with Gasteiger partial charge in [0.05, 0.1) is 23.9 Å². The highest BCUT2D eigenvalue weighted by Gasteiger charge is 2.27. The van der Waals surface area contributed by atoms with Gasteiger partial charge in [-0.1, -0.05) is 43.7 Å². The Kier molecular flexibility index (Phi) is 9.61. The van der Waals surface area contributed by atoms with Crippen molar-refractivity contribution in [3.8, 4) is 5.75 Å². The van der Waals surface area contributed by atoms with Gasteiger partial charge in [0.15, 0.2) is 6.61 Å². The van der Waals surface area contributed by atoms with Crippen LogP contribution in [0.2, 0.25) is 0 Å². The summed E-state index contributed by atoms with van der Waals surface area (Å²) >= 11 is 0. The number of esters is 1. The van der Waals surface area contributed by atoms with Crippen LogP contribution in [-0.2, 0) is 24.3 Å². The van der Waals surface area contributed by atoms with Crippen LogP contribution in [0, 0.1) is 6.92 Å². The topological polar surface area (TPSA) is 114 Å². The number of anilines is 1. The molecule has 0 aliphatic carbocycles. The van der Waals surface area contributed by atoms with E-state index in [4.69, 9.17) is 4.74 Å². The number of nitrogens with one attached hydrogen (secondary N) is 1. The molecule has 0 saturated heterocycles. The van der Waals surface area contributed by atoms with E-state index in [9.17, 15) is 18.0 Å². The molecule has 1 amide bonds. The number of methoxy groups -OCH3 is 1. The Morgan fingerprint density at radius 1 is 0.974 bits per heavy atom. The average molecular weight is 538 g/mol. The van der Waals surface area contributed by atoms with Crippen molar-refractivity contribution in [2.24, 2.45) is 5.10 Å². The normalized spacial score (nSPS) is 11.4. The van der Waals surface area contributed by atoms with Gasteiger partial charge in [0.2, 0.25) is 0 Å². The maximum absolute atomic E-state index is 13.5. The van der Waals surface area contributed by atoms with Crippen molar-refractivity contribution < 1.29 is 27.5 Å². The minimum Gasteiger partial charge on any atom is -0.482 e. The monoisotopic (exact) mass is 537 g/mol. The number of rotatable bonds is 11. The van der Waals surface area contributed by atoms with Crippen LogP contribution in [0.15, 0.2) is 82.8 Å². The van der Waals surface area contributed by atoms with Gasteiger partial charge in [0, 0.05) is 0 Å². The van der Waals surface area contributed by atoms with Crippen molar-refractivity contribution in [2.75, 3.05) is 24.6 Å². The molecule has 0 atom stereocenters. The molecule has 0 heterocycles. The number of ether oxygens (including phenoxy) is 2. The first kappa shape index (κ1) is 28.4. The summed E-state index contributed by atoms with van der Waals surface area (Å²) < 4.78 is 37.9. The van der Waals surface area contributed by atoms with E-state index >= 15 is 0 Å². The van der Waals surface area contributed by atoms with Gasteiger partial charge >= 0.3 is 5.97 Å². The Balaban J connectivity index is 1.73. The number of hydrazone groups is 1. The Bertz CT molecular complexity index is 1370. The van der Waals surface area contributed by atoms with E-state index in [0.717, 1.165) is 15.4 Å². The quantitative estimate of drug-likeness (QED) is 0.225. The number of carbonyl (C=O) groups is 2. The second-order valence-corrected chi connectivity index (χ2v) is 10.7. The number of carbonyl (C=O) groups excluding carboxylic acids is 2. The highest BCUT2D eigenvalue weighted by molar-refractivity contribution is 7.92. The number of sulfonamides is 1. The molecule has 0 saturated carbocycles. The molecule has 0 spiro atoms. The molecule has 3 aromatic carbocycles. The Labute approximate surface area is 223 Å². The summed E-state index contributed by atoms with van der Waals surface area (Å²) in [6, 6.07) is 20.2. The van der Waals surface area contributed by atoms with Crippen LogP contribution in [0.4, 0.5) is 5.69 Å². The van der Waals surface area contributed by atoms with Gasteiger partial charge in [0.25, 0.3) is 15.9 Å². The molecular weight excluding hydrogens is 506 g/mol. The zero-order valence-electron chi connectivity index (χ0n) is 21.7. The number of amides is 1. The molecule has 0 bridgehead atoms. The molecule has 38 heavy (non-hydrogen) atoms. The number of nitrogens with zero attached hydrogens (tertiary/aromatic N) is 2. The lowest BCUT2D eigenvalue weighted by molar-refractivity contribution is -0.142. The van der Waals surface area contributed by atoms with Crippen LogP contribution in [-0.4, -0.2) is 46.8 Å². The first-order valence-electron chi connectivity index (χ1n) is 11.9. The fourth-order valence-corrected chi connectivity index (χ4v) is 4.79. The SMILES string of the molecule is COC(=O)COc1ccc(/C=N\NC(=O)CN(c2ccc(C(C)C)cc2)S(=O)(=O)c2ccc(C)cc2)cc1. The Hall–Kier alpha value is -4.18. The summed E-state index contributed by atoms with van der Waals surface area (Å²) in [6.45, 7) is 5.29. The van der Waals surface area contributed by atoms with Crippen molar-refractivity contribution in [1.82, 2.24) is 5.43 Å². The van der Waals surface area contributed by atoms with Crippen molar-refractivity contribution in [3.05, 3.63) is 89.5 Å². The van der Waals surface area contributed by atoms with Gasteiger partial charge in [-0.25, -0.2) is 18.6 Å². The molecule has 1 N–H and O–H groups in total. The second-order valence-electron chi connectivity index (χ2n) is 8.80. The van der Waals surface area contributed by atoms with E-state index in [2.05, 4.69) is 15.3 Å². The molecule has 0 aliphatic heterocycles. The first-order valence-corrected chi connectivity index (χ1v) is 13.3. The predicted molar refractivity (Wildman–Crippen MR) is 146 cm³/mol. The zero-order valence-corrected chi connectivity index (χ0v) is 22.6. The van der Waals surface area contributed by atoms with Gasteiger partial charge in [0.1, 0.15) is 12.3 Å². The lowest BCUT2D eigenvalue weighted by Crippen LogP contribution is -2.39. The number of aryl methyl sites for hydroxylation is 1. The highest BCUT2D eigenvalue weighted by Crippen LogP contribution is 2.26. The van der Waals surface area contributed by atoms with Crippen molar-refractivity contribution in [3.63, 3.8) is 0 Å². The summed E-state index contributed by atoms with van der Waals surface area (Å²) in [5.74, 6) is -0.357. The largest absolute Gasteiger partial charge is 0.482 e. The molecule has 0 unspecified atom stereocenters. The average Bonchev–Trinajstić information content (AvgIpc) is 2.91. The molecule has 9 nitrogen and oxygen atoms in total. The third kappa shape index (κ3) is 7.66. The Morgan fingerprint density at radius 2 is 1.61 bits per heavy atom. The van der Waals surface area contributed by atoms with E-state index in [1.165, 1.54) is 25.5 Å². The molecule has 3 rings (SSSR count). The summed E-state index contributed by atoms with van der Waals surface area (Å²) in [5.41, 5.74) is 5.39. The van der Waals surface area contributed by atoms with Crippen LogP contribution < -0.4 is 14.5 Å². The summed E-state index contributed by atoms with van der Waals surface area (Å²) in [7, 11) is -2.74. The molecular formula is C28H31N3O6S. The third-order valence-electron chi connectivity index (χ3n) is 5.61. The molecule has 0 fully saturated rings. The van der Waals surface area contributed by atoms with E-state index in [-0.39, 0.29) is 17.4 Å². The number of hydrogen-bond acceptors (Lipinski definition) is 7. The smallest absolute Gasteiger partial charge is 0.343 e. The van der Waals surface area contributed by atoms with Gasteiger partial charge in [-0.2, -0.15) is 5.10 Å². The third-order valence-corrected chi connectivity index (χ3v) is 7.40. The molecule has 0 radical (unpaired) electrons. The summed E-state index contributed by atoms with van der Waals surface area (Å²) in [6.07, 6.45) is 1.41. The summed E-state index contributed by atoms with van der Waals surface area (Å²) in [5, 5.41) is 3.95. The molecule has 0 aromatic heterocycles. The van der Waals surface area contributed by atoms with Crippen LogP contribution >= 0.6 is 0 Å². The minimum atomic E-state index is -4.02. The predicted octanol–water partition coefficient (Wildman–Crippen LogP) is 4.02. The fourth-order valence-electron chi connectivity index (χ4n) is 3.37. The van der Waals surface area contributed by atoms with E-state index in [1.807, 2.05) is 32.9 Å². The van der Waals surface area contributed by atoms with E-state index in [1.54, 1.807) is 48.5 Å². The van der Waals surface area contributed by atoms with Crippen molar-refractivity contribution in [2.45, 2.75) is 31.6 Å². The van der Waals surface area contributed by atoms with Crippen LogP contribution in [0.3, 0.4) is 0 Å². The molecule has 10 heteroatoms. The van der Waals surface area contributed by atoms with Crippen LogP contribution in [0.25, 0.3) is 0 Å². The maximum Gasteiger partial charge on any atom is 0.343 e. The second kappa shape index (κ2) is 12.9. The number of benzene rings is 3. The highest BCUT2D eigenvalue weighted by atomic mass is 32.2. The maximum atomic E-state index is 13.5. The summed E-state index contributed by atoms with van der Waals surface area (Å²) in [4.78, 5) is 24.0. The van der Waals surface area contributed by atoms with Gasteiger partial charge in [-0.15, -0.1) is 0 Å². The van der Waals surface area contributed by atoms with Gasteiger partial charge < -0.3 is 9.47 Å². The van der Waals surface area contributed by atoms with Crippen molar-refractivity contribution >= 4 is 33.8 Å². The number of hydrogen-bond donors (Lipinski definition) is 1. The molecule has 0 aliphatic rings. The molecule has 3 aromatic rings. The minimum absolute atomic E-state index is 0.0850. The van der Waals surface area contributed by atoms with Crippen LogP contribution in [0.1, 0.15) is 36.5 Å². The van der Waals surface area contributed by atoms with Gasteiger partial charge in [-0.3, -0.25) is 9.10 Å². The van der Waals surface area contributed by atoms with Gasteiger partial charge in [-0.05, 0) is 72.5 Å². The van der Waals surface area contributed by atoms with Crippen molar-refractivity contribution in [1.29, 1.82) is 0 Å².